The number of aromatic nitrogens is 2. The van der Waals surface area contributed by atoms with E-state index in [1.165, 1.54) is 54.6 Å². The maximum atomic E-state index is 5.19. The number of hydrogen-bond donors (Lipinski definition) is 0. The summed E-state index contributed by atoms with van der Waals surface area (Å²) in [5, 5.41) is 8.61. The van der Waals surface area contributed by atoms with Crippen LogP contribution < -0.4 is 4.90 Å². The Kier molecular flexibility index (Phi) is 8.49. The first-order valence-electron chi connectivity index (χ1n) is 20.0. The summed E-state index contributed by atoms with van der Waals surface area (Å²) in [6.45, 7) is 0. The van der Waals surface area contributed by atoms with E-state index in [0.717, 1.165) is 50.5 Å². The van der Waals surface area contributed by atoms with E-state index in [1.54, 1.807) is 0 Å². The summed E-state index contributed by atoms with van der Waals surface area (Å²) in [7, 11) is 0. The Labute approximate surface area is 343 Å². The van der Waals surface area contributed by atoms with Gasteiger partial charge < -0.3 is 4.90 Å². The standard InChI is InChI=1S/C56H37N3/c1-2-11-43(12-3-1)56-55-48(14-8-34-57-55)37-54(58-56)42-24-31-51(32-25-42)59(49-27-20-39(21-28-49)45-18-16-38-9-4-5-13-44(38)35-45)50-29-22-40(23-30-50)46-26-33-53-47(36-46)19-17-41-10-6-7-15-52(41)53/h1-37H. The van der Waals surface area contributed by atoms with Crippen molar-refractivity contribution in [3.63, 3.8) is 0 Å². The summed E-state index contributed by atoms with van der Waals surface area (Å²) in [6.07, 6.45) is 1.84. The molecule has 11 aromatic rings. The molecule has 0 fully saturated rings. The van der Waals surface area contributed by atoms with Gasteiger partial charge in [-0.25, -0.2) is 4.98 Å². The highest BCUT2D eigenvalue weighted by atomic mass is 15.1. The molecule has 2 aromatic heterocycles. The molecule has 2 heterocycles. The molecule has 59 heavy (non-hydrogen) atoms. The molecule has 0 atom stereocenters. The van der Waals surface area contributed by atoms with E-state index in [1.807, 2.05) is 30.5 Å². The van der Waals surface area contributed by atoms with Crippen LogP contribution in [0.15, 0.2) is 225 Å². The molecule has 0 saturated carbocycles. The molecule has 0 N–H and O–H groups in total. The molecule has 9 aromatic carbocycles. The van der Waals surface area contributed by atoms with Crippen LogP contribution in [0.1, 0.15) is 0 Å². The lowest BCUT2D eigenvalue weighted by Gasteiger charge is -2.26. The van der Waals surface area contributed by atoms with E-state index < -0.39 is 0 Å². The van der Waals surface area contributed by atoms with Crippen molar-refractivity contribution in [1.82, 2.24) is 9.97 Å². The lowest BCUT2D eigenvalue weighted by Crippen LogP contribution is -2.09. The van der Waals surface area contributed by atoms with E-state index in [-0.39, 0.29) is 0 Å². The second kappa shape index (κ2) is 14.6. The van der Waals surface area contributed by atoms with Crippen molar-refractivity contribution < 1.29 is 0 Å². The summed E-state index contributed by atoms with van der Waals surface area (Å²) in [6, 6.07) is 78.2. The van der Waals surface area contributed by atoms with E-state index >= 15 is 0 Å². The van der Waals surface area contributed by atoms with E-state index in [9.17, 15) is 0 Å². The Hall–Kier alpha value is -7.88. The largest absolute Gasteiger partial charge is 0.311 e. The summed E-state index contributed by atoms with van der Waals surface area (Å²) >= 11 is 0. The monoisotopic (exact) mass is 751 g/mol. The predicted molar refractivity (Wildman–Crippen MR) is 248 cm³/mol. The molecule has 0 aliphatic carbocycles. The predicted octanol–water partition coefficient (Wildman–Crippen LogP) is 15.2. The minimum atomic E-state index is 0.885. The van der Waals surface area contributed by atoms with Crippen molar-refractivity contribution in [3.8, 4) is 44.8 Å². The third-order valence-corrected chi connectivity index (χ3v) is 11.5. The average molecular weight is 752 g/mol. The molecule has 0 aliphatic heterocycles. The quantitative estimate of drug-likeness (QED) is 0.152. The molecule has 0 spiro atoms. The second-order valence-electron chi connectivity index (χ2n) is 15.1. The normalized spacial score (nSPS) is 11.4. The molecule has 0 aliphatic rings. The van der Waals surface area contributed by atoms with Gasteiger partial charge in [0.25, 0.3) is 0 Å². The second-order valence-corrected chi connectivity index (χ2v) is 15.1. The molecule has 11 rings (SSSR count). The van der Waals surface area contributed by atoms with Gasteiger partial charge in [-0.2, -0.15) is 0 Å². The van der Waals surface area contributed by atoms with Gasteiger partial charge in [0.2, 0.25) is 0 Å². The van der Waals surface area contributed by atoms with Crippen LogP contribution >= 0.6 is 0 Å². The van der Waals surface area contributed by atoms with Gasteiger partial charge in [0.05, 0.1) is 16.9 Å². The van der Waals surface area contributed by atoms with Gasteiger partial charge in [0, 0.05) is 39.8 Å². The van der Waals surface area contributed by atoms with Crippen molar-refractivity contribution >= 4 is 60.3 Å². The molecule has 0 radical (unpaired) electrons. The molecule has 3 nitrogen and oxygen atoms in total. The fourth-order valence-corrected chi connectivity index (χ4v) is 8.43. The highest BCUT2D eigenvalue weighted by molar-refractivity contribution is 6.08. The Bertz CT molecular complexity index is 3300. The molecular formula is C56H37N3. The molecule has 0 unspecified atom stereocenters. The fourth-order valence-electron chi connectivity index (χ4n) is 8.43. The van der Waals surface area contributed by atoms with Crippen molar-refractivity contribution in [1.29, 1.82) is 0 Å². The third-order valence-electron chi connectivity index (χ3n) is 11.5. The van der Waals surface area contributed by atoms with E-state index in [2.05, 4.69) is 199 Å². The smallest absolute Gasteiger partial charge is 0.0972 e. The minimum absolute atomic E-state index is 0.885. The third kappa shape index (κ3) is 6.45. The van der Waals surface area contributed by atoms with Gasteiger partial charge in [-0.3, -0.25) is 4.98 Å². The van der Waals surface area contributed by atoms with Crippen LogP contribution in [-0.4, -0.2) is 9.97 Å². The number of anilines is 3. The summed E-state index contributed by atoms with van der Waals surface area (Å²) in [5.41, 5.74) is 12.8. The van der Waals surface area contributed by atoms with Crippen LogP contribution in [-0.2, 0) is 0 Å². The average Bonchev–Trinajstić information content (AvgIpc) is 3.32. The molecule has 0 saturated heterocycles. The minimum Gasteiger partial charge on any atom is -0.311 e. The Balaban J connectivity index is 0.973. The van der Waals surface area contributed by atoms with Crippen LogP contribution in [0.25, 0.3) is 88.0 Å². The van der Waals surface area contributed by atoms with Gasteiger partial charge in [-0.05, 0) is 115 Å². The number of fused-ring (bicyclic) bond motifs is 5. The summed E-state index contributed by atoms with van der Waals surface area (Å²) in [4.78, 5) is 12.2. The van der Waals surface area contributed by atoms with E-state index in [4.69, 9.17) is 9.97 Å². The van der Waals surface area contributed by atoms with Crippen LogP contribution in [0, 0.1) is 0 Å². The molecular weight excluding hydrogens is 715 g/mol. The number of benzene rings is 9. The Morgan fingerprint density at radius 2 is 0.814 bits per heavy atom. The summed E-state index contributed by atoms with van der Waals surface area (Å²) in [5.74, 6) is 0. The van der Waals surface area contributed by atoms with Gasteiger partial charge >= 0.3 is 0 Å². The SMILES string of the molecule is c1ccc(-c2nc(-c3ccc(N(c4ccc(-c5ccc6ccccc6c5)cc4)c4ccc(-c5ccc6c(ccc7ccccc76)c5)cc4)cc3)cc3cccnc23)cc1. The van der Waals surface area contributed by atoms with Gasteiger partial charge in [0.15, 0.2) is 0 Å². The summed E-state index contributed by atoms with van der Waals surface area (Å²) < 4.78 is 0. The molecule has 3 heteroatoms. The topological polar surface area (TPSA) is 29.0 Å². The maximum absolute atomic E-state index is 5.19. The first kappa shape index (κ1) is 34.4. The fraction of sp³-hybridized carbons (Fsp3) is 0. The Morgan fingerprint density at radius 3 is 1.53 bits per heavy atom. The number of rotatable bonds is 7. The highest BCUT2D eigenvalue weighted by Gasteiger charge is 2.16. The first-order chi connectivity index (χ1) is 29.2. The maximum Gasteiger partial charge on any atom is 0.0972 e. The van der Waals surface area contributed by atoms with E-state index in [0.29, 0.717) is 0 Å². The highest BCUT2D eigenvalue weighted by Crippen LogP contribution is 2.39. The number of nitrogens with zero attached hydrogens (tertiary/aromatic N) is 3. The zero-order chi connectivity index (χ0) is 39.1. The number of hydrogen-bond acceptors (Lipinski definition) is 3. The van der Waals surface area contributed by atoms with Crippen LogP contribution in [0.4, 0.5) is 17.1 Å². The lowest BCUT2D eigenvalue weighted by atomic mass is 9.97. The molecule has 0 amide bonds. The van der Waals surface area contributed by atoms with Crippen molar-refractivity contribution in [2.75, 3.05) is 4.90 Å². The number of pyridine rings is 2. The van der Waals surface area contributed by atoms with Gasteiger partial charge in [-0.1, -0.05) is 158 Å². The molecule has 0 bridgehead atoms. The first-order valence-corrected chi connectivity index (χ1v) is 20.0. The van der Waals surface area contributed by atoms with Crippen LogP contribution in [0.5, 0.6) is 0 Å². The van der Waals surface area contributed by atoms with Crippen LogP contribution in [0.3, 0.4) is 0 Å². The van der Waals surface area contributed by atoms with Gasteiger partial charge in [0.1, 0.15) is 0 Å². The van der Waals surface area contributed by atoms with Crippen molar-refractivity contribution in [2.24, 2.45) is 0 Å². The zero-order valence-corrected chi connectivity index (χ0v) is 32.2. The van der Waals surface area contributed by atoms with Crippen molar-refractivity contribution in [2.45, 2.75) is 0 Å². The molecule has 276 valence electrons. The zero-order valence-electron chi connectivity index (χ0n) is 32.2. The van der Waals surface area contributed by atoms with Crippen molar-refractivity contribution in [3.05, 3.63) is 225 Å². The van der Waals surface area contributed by atoms with Crippen LogP contribution in [0.2, 0.25) is 0 Å². The lowest BCUT2D eigenvalue weighted by molar-refractivity contribution is 1.28. The van der Waals surface area contributed by atoms with Gasteiger partial charge in [-0.15, -0.1) is 0 Å². The Morgan fingerprint density at radius 1 is 0.305 bits per heavy atom.